The number of fused-ring (bicyclic) bond motifs is 4. The monoisotopic (exact) mass is 744 g/mol. The zero-order valence-corrected chi connectivity index (χ0v) is 31.2. The number of pyridine rings is 2. The van der Waals surface area contributed by atoms with Gasteiger partial charge in [-0.15, -0.1) is 0 Å². The molecular formula is C48H47F2N5+2. The summed E-state index contributed by atoms with van der Waals surface area (Å²) in [4.78, 5) is 9.31. The molecule has 7 aromatic rings. The Kier molecular flexibility index (Phi) is 5.49. The molecule has 0 aliphatic carbocycles. The Morgan fingerprint density at radius 1 is 0.618 bits per heavy atom. The van der Waals surface area contributed by atoms with Crippen LogP contribution in [0, 0.1) is 0 Å². The number of rotatable bonds is 5. The zero-order chi connectivity index (χ0) is 50.1. The lowest BCUT2D eigenvalue weighted by molar-refractivity contribution is 0.0425. The molecule has 55 heavy (non-hydrogen) atoms. The Hall–Kier alpha value is -5.78. The van der Waals surface area contributed by atoms with Crippen LogP contribution in [0.5, 0.6) is 0 Å². The van der Waals surface area contributed by atoms with Crippen molar-refractivity contribution in [2.45, 2.75) is 84.3 Å². The Morgan fingerprint density at radius 3 is 1.93 bits per heavy atom. The molecule has 5 nitrogen and oxygen atoms in total. The van der Waals surface area contributed by atoms with Crippen molar-refractivity contribution in [1.29, 1.82) is 0 Å². The summed E-state index contributed by atoms with van der Waals surface area (Å²) < 4.78 is 149. The molecule has 0 saturated carbocycles. The molecule has 4 aromatic carbocycles. The van der Waals surface area contributed by atoms with Crippen LogP contribution in [0.25, 0.3) is 27.8 Å². The highest BCUT2D eigenvalue weighted by Crippen LogP contribution is 2.44. The largest absolute Gasteiger partial charge is 0.503 e. The molecule has 1 aliphatic heterocycles. The molecular weight excluding hydrogens is 685 g/mol. The Bertz CT molecular complexity index is 3230. The van der Waals surface area contributed by atoms with Gasteiger partial charge in [0.05, 0.1) is 22.0 Å². The van der Waals surface area contributed by atoms with Crippen molar-refractivity contribution in [3.63, 3.8) is 0 Å². The fourth-order valence-corrected chi connectivity index (χ4v) is 6.80. The van der Waals surface area contributed by atoms with Gasteiger partial charge in [-0.2, -0.15) is 8.78 Å². The molecule has 0 radical (unpaired) electrons. The van der Waals surface area contributed by atoms with Crippen molar-refractivity contribution >= 4 is 50.7 Å². The topological polar surface area (TPSA) is 36.7 Å². The third-order valence-corrected chi connectivity index (χ3v) is 9.89. The second-order valence-corrected chi connectivity index (χ2v) is 15.9. The minimum atomic E-state index is -3.86. The highest BCUT2D eigenvalue weighted by Gasteiger charge is 2.41. The van der Waals surface area contributed by atoms with Gasteiger partial charge in [-0.3, -0.25) is 9.55 Å². The smallest absolute Gasteiger partial charge is 0.292 e. The van der Waals surface area contributed by atoms with Crippen molar-refractivity contribution < 1.29 is 26.6 Å². The molecule has 4 heterocycles. The first-order valence-corrected chi connectivity index (χ1v) is 17.8. The second-order valence-electron chi connectivity index (χ2n) is 15.9. The lowest BCUT2D eigenvalue weighted by Crippen LogP contribution is -2.19. The predicted octanol–water partition coefficient (Wildman–Crippen LogP) is 12.5. The van der Waals surface area contributed by atoms with Crippen LogP contribution in [0.3, 0.4) is 0 Å². The van der Waals surface area contributed by atoms with Gasteiger partial charge in [0.2, 0.25) is 11.4 Å². The van der Waals surface area contributed by atoms with Crippen LogP contribution in [0.2, 0.25) is 0 Å². The van der Waals surface area contributed by atoms with E-state index in [2.05, 4.69) is 36.7 Å². The maximum absolute atomic E-state index is 17.6. The van der Waals surface area contributed by atoms with Gasteiger partial charge in [-0.25, -0.2) is 4.98 Å². The molecule has 276 valence electrons. The maximum atomic E-state index is 17.6. The fraction of sp³-hybridized carbons (Fsp3) is 0.271. The normalized spacial score (nSPS) is 17.8. The van der Waals surface area contributed by atoms with Crippen molar-refractivity contribution in [3.8, 4) is 5.82 Å². The van der Waals surface area contributed by atoms with E-state index >= 15 is 8.78 Å². The van der Waals surface area contributed by atoms with Gasteiger partial charge in [0.1, 0.15) is 5.82 Å². The summed E-state index contributed by atoms with van der Waals surface area (Å²) in [5.74, 6) is -3.13. The van der Waals surface area contributed by atoms with Gasteiger partial charge in [-0.05, 0) is 72.4 Å². The molecule has 1 aliphatic rings. The van der Waals surface area contributed by atoms with E-state index in [0.717, 1.165) is 27.2 Å². The first kappa shape index (κ1) is 23.9. The number of para-hydroxylation sites is 3. The van der Waals surface area contributed by atoms with E-state index in [-0.39, 0.29) is 16.8 Å². The van der Waals surface area contributed by atoms with Gasteiger partial charge >= 0.3 is 6.01 Å². The summed E-state index contributed by atoms with van der Waals surface area (Å²) in [6.07, 6.45) is 2.86. The van der Waals surface area contributed by atoms with Crippen molar-refractivity contribution in [2.75, 3.05) is 0 Å². The number of nitrogens with zero attached hydrogens (tertiary/aromatic N) is 5. The summed E-state index contributed by atoms with van der Waals surface area (Å²) in [7, 11) is 0. The van der Waals surface area contributed by atoms with Gasteiger partial charge in [0.25, 0.3) is 17.3 Å². The maximum Gasteiger partial charge on any atom is 0.503 e. The van der Waals surface area contributed by atoms with E-state index in [9.17, 15) is 0 Å². The molecule has 0 fully saturated rings. The lowest BCUT2D eigenvalue weighted by atomic mass is 9.84. The molecule has 7 heteroatoms. The minimum Gasteiger partial charge on any atom is -0.292 e. The standard InChI is InChI=1S/C48H47F2N5/c1-45(2,3)31-18-20-36(21-19-31)53-30-54(41-17-13-12-16-40(41)53)37-25-33(47(7,8)9)24-34(26-37)48(49,50)35-27-42-44(52-29-35)38-14-10-11-15-39(38)55(42)43-28-32(22-23-51-43)46(4,5)6/h10-29H,1-9H3/q+2/i1D3,2D3,3D3,18D,19D,20D,21D. The van der Waals surface area contributed by atoms with Gasteiger partial charge < -0.3 is 0 Å². The van der Waals surface area contributed by atoms with Crippen molar-refractivity contribution in [3.05, 3.63) is 149 Å². The van der Waals surface area contributed by atoms with Crippen LogP contribution in [-0.4, -0.2) is 20.5 Å². The fourth-order valence-electron chi connectivity index (χ4n) is 6.80. The van der Waals surface area contributed by atoms with E-state index in [1.54, 1.807) is 36.5 Å². The number of benzene rings is 4. The average molecular weight is 745 g/mol. The molecule has 0 N–H and O–H groups in total. The molecule has 0 bridgehead atoms. The molecule has 0 amide bonds. The van der Waals surface area contributed by atoms with E-state index < -0.39 is 83.9 Å². The van der Waals surface area contributed by atoms with Crippen LogP contribution >= 0.6 is 0 Å². The number of aromatic nitrogens is 3. The number of alkyl halides is 2. The minimum absolute atomic E-state index is 0.173. The van der Waals surface area contributed by atoms with Gasteiger partial charge in [0, 0.05) is 77.6 Å². The average Bonchev–Trinajstić information content (AvgIpc) is 3.78. The summed E-state index contributed by atoms with van der Waals surface area (Å²) in [5, 5.41) is 0.753. The summed E-state index contributed by atoms with van der Waals surface area (Å²) in [6.45, 7) is 0.219. The zero-order valence-electron chi connectivity index (χ0n) is 44.2. The molecule has 0 unspecified atom stereocenters. The molecule has 3 aromatic heterocycles. The highest BCUT2D eigenvalue weighted by molar-refractivity contribution is 6.07. The summed E-state index contributed by atoms with van der Waals surface area (Å²) in [5.41, 5.74) is -3.55. The van der Waals surface area contributed by atoms with Crippen LogP contribution in [0.4, 0.5) is 31.5 Å². The second kappa shape index (κ2) is 12.6. The first-order valence-electron chi connectivity index (χ1n) is 24.3. The number of hydrogen-bond donors (Lipinski definition) is 0. The highest BCUT2D eigenvalue weighted by atomic mass is 19.3. The molecule has 8 rings (SSSR count). The van der Waals surface area contributed by atoms with E-state index in [1.807, 2.05) is 61.7 Å². The predicted molar refractivity (Wildman–Crippen MR) is 223 cm³/mol. The summed E-state index contributed by atoms with van der Waals surface area (Å²) in [6, 6.07) is 22.3. The van der Waals surface area contributed by atoms with Gasteiger partial charge in [-0.1, -0.05) is 105 Å². The van der Waals surface area contributed by atoms with E-state index in [0.29, 0.717) is 28.1 Å². The van der Waals surface area contributed by atoms with Crippen LogP contribution < -0.4 is 9.15 Å². The Labute approximate surface area is 340 Å². The Morgan fingerprint density at radius 2 is 1.25 bits per heavy atom. The third kappa shape index (κ3) is 6.36. The lowest BCUT2D eigenvalue weighted by Gasteiger charge is -2.23. The van der Waals surface area contributed by atoms with Crippen LogP contribution in [-0.2, 0) is 22.2 Å². The molecule has 0 atom stereocenters. The SMILES string of the molecule is [2H]c1c([2H])c(C(C([2H])([2H])[2H])(C([2H])([2H])[2H])C([2H])([2H])[2H])c([2H])c([2H])c1[N+]1=C=[N+](c2cc(C(C)(C)C)cc(C(F)(F)c3cnc4c5ccccc5n(-c5cc(C(C)(C)C)ccn5)c4c3)c2)c2ccccc21. The van der Waals surface area contributed by atoms with E-state index in [4.69, 9.17) is 17.8 Å². The number of halogens is 2. The van der Waals surface area contributed by atoms with Crippen molar-refractivity contribution in [1.82, 2.24) is 23.7 Å². The molecule has 0 spiro atoms. The van der Waals surface area contributed by atoms with E-state index in [1.165, 1.54) is 22.8 Å². The van der Waals surface area contributed by atoms with Crippen LogP contribution in [0.15, 0.2) is 121 Å². The van der Waals surface area contributed by atoms with Crippen LogP contribution in [0.1, 0.15) is 108 Å². The first-order chi connectivity index (χ1) is 31.3. The quantitative estimate of drug-likeness (QED) is 0.165. The summed E-state index contributed by atoms with van der Waals surface area (Å²) >= 11 is 0. The third-order valence-electron chi connectivity index (χ3n) is 9.89. The van der Waals surface area contributed by atoms with Crippen molar-refractivity contribution in [2.24, 2.45) is 0 Å². The Balaban J connectivity index is 1.36. The molecule has 0 saturated heterocycles. The number of hydrogen-bond acceptors (Lipinski definition) is 2. The van der Waals surface area contributed by atoms with Gasteiger partial charge in [0.15, 0.2) is 0 Å².